The number of carbonyl (C=O) groups excluding carboxylic acids is 2. The van der Waals surface area contributed by atoms with Crippen molar-refractivity contribution in [3.63, 3.8) is 0 Å². The summed E-state index contributed by atoms with van der Waals surface area (Å²) in [6.45, 7) is 11.6. The molecule has 6 rings (SSSR count). The summed E-state index contributed by atoms with van der Waals surface area (Å²) < 4.78 is 17.6. The number of carbonyl (C=O) groups is 2. The van der Waals surface area contributed by atoms with E-state index in [2.05, 4.69) is 25.3 Å². The monoisotopic (exact) mass is 546 g/mol. The molecule has 212 valence electrons. The lowest BCUT2D eigenvalue weighted by molar-refractivity contribution is -0.199. The van der Waals surface area contributed by atoms with E-state index in [4.69, 9.17) is 13.9 Å². The van der Waals surface area contributed by atoms with Crippen molar-refractivity contribution in [1.29, 1.82) is 0 Å². The number of esters is 1. The molecule has 8 nitrogen and oxygen atoms in total. The topological polar surface area (TPSA) is 92.5 Å². The van der Waals surface area contributed by atoms with E-state index in [9.17, 15) is 14.7 Å². The van der Waals surface area contributed by atoms with Gasteiger partial charge in [0.25, 0.3) is 0 Å². The van der Waals surface area contributed by atoms with Crippen molar-refractivity contribution in [2.24, 2.45) is 5.92 Å². The summed E-state index contributed by atoms with van der Waals surface area (Å²) in [4.78, 5) is 30.1. The molecule has 5 atom stereocenters. The first-order chi connectivity index (χ1) is 19.2. The Hall–Kier alpha value is -3.36. The van der Waals surface area contributed by atoms with E-state index in [1.165, 1.54) is 6.92 Å². The smallest absolute Gasteiger partial charge is 0.308 e. The lowest BCUT2D eigenvalue weighted by Crippen LogP contribution is -2.78. The molecule has 3 heterocycles. The number of nitrogens with zero attached hydrogens (tertiary/aromatic N) is 2. The van der Waals surface area contributed by atoms with Gasteiger partial charge in [0.15, 0.2) is 11.5 Å². The van der Waals surface area contributed by atoms with E-state index in [0.29, 0.717) is 50.3 Å². The van der Waals surface area contributed by atoms with Crippen LogP contribution in [0.5, 0.6) is 11.5 Å². The fraction of sp³-hybridized carbons (Fsp3) is 0.500. The summed E-state index contributed by atoms with van der Waals surface area (Å²) in [7, 11) is 0. The molecule has 0 unspecified atom stereocenters. The van der Waals surface area contributed by atoms with E-state index in [-0.39, 0.29) is 23.9 Å². The molecular weight excluding hydrogens is 508 g/mol. The summed E-state index contributed by atoms with van der Waals surface area (Å²) in [5, 5.41) is 12.7. The summed E-state index contributed by atoms with van der Waals surface area (Å²) >= 11 is 0. The maximum atomic E-state index is 13.8. The van der Waals surface area contributed by atoms with Crippen LogP contribution in [0.2, 0.25) is 0 Å². The molecule has 2 bridgehead atoms. The van der Waals surface area contributed by atoms with Crippen molar-refractivity contribution >= 4 is 18.0 Å². The summed E-state index contributed by atoms with van der Waals surface area (Å²) in [6, 6.07) is 5.27. The average molecular weight is 547 g/mol. The molecule has 2 aromatic rings. The Morgan fingerprint density at radius 2 is 2.12 bits per heavy atom. The van der Waals surface area contributed by atoms with E-state index in [1.54, 1.807) is 30.7 Å². The third kappa shape index (κ3) is 3.95. The quantitative estimate of drug-likeness (QED) is 0.231. The van der Waals surface area contributed by atoms with Gasteiger partial charge in [-0.2, -0.15) is 0 Å². The van der Waals surface area contributed by atoms with Crippen LogP contribution in [-0.4, -0.2) is 70.2 Å². The highest BCUT2D eigenvalue weighted by molar-refractivity contribution is 5.92. The number of piperidine rings is 1. The van der Waals surface area contributed by atoms with Crippen LogP contribution in [0.3, 0.4) is 0 Å². The van der Waals surface area contributed by atoms with Crippen LogP contribution in [0.4, 0.5) is 0 Å². The van der Waals surface area contributed by atoms with Gasteiger partial charge >= 0.3 is 5.97 Å². The van der Waals surface area contributed by atoms with Crippen LogP contribution in [0.15, 0.2) is 53.9 Å². The number of benzene rings is 1. The van der Waals surface area contributed by atoms with Crippen molar-refractivity contribution in [1.82, 2.24) is 9.80 Å². The highest BCUT2D eigenvalue weighted by Gasteiger charge is 2.73. The number of furan rings is 1. The number of amides is 1. The van der Waals surface area contributed by atoms with Crippen LogP contribution >= 0.6 is 0 Å². The lowest BCUT2D eigenvalue weighted by atomic mass is 9.48. The van der Waals surface area contributed by atoms with Crippen molar-refractivity contribution in [3.8, 4) is 11.5 Å². The van der Waals surface area contributed by atoms with Crippen molar-refractivity contribution in [3.05, 3.63) is 66.1 Å². The number of ether oxygens (including phenoxy) is 2. The zero-order chi connectivity index (χ0) is 28.2. The summed E-state index contributed by atoms with van der Waals surface area (Å²) in [5.74, 6) is 0.635. The highest BCUT2D eigenvalue weighted by Crippen LogP contribution is 2.66. The first-order valence-electron chi connectivity index (χ1n) is 14.3. The van der Waals surface area contributed by atoms with E-state index in [1.807, 2.05) is 23.1 Å². The van der Waals surface area contributed by atoms with Gasteiger partial charge in [0.1, 0.15) is 6.10 Å². The first-order valence-corrected chi connectivity index (χ1v) is 14.3. The Kier molecular flexibility index (Phi) is 6.66. The van der Waals surface area contributed by atoms with Crippen LogP contribution in [0.1, 0.15) is 56.7 Å². The fourth-order valence-electron chi connectivity index (χ4n) is 7.95. The highest BCUT2D eigenvalue weighted by atomic mass is 16.6. The molecule has 1 spiro atoms. The van der Waals surface area contributed by atoms with Gasteiger partial charge in [0.2, 0.25) is 5.91 Å². The number of likely N-dealkylation sites (tertiary alicyclic amines) is 1. The minimum atomic E-state index is -1.05. The molecule has 8 heteroatoms. The van der Waals surface area contributed by atoms with Crippen molar-refractivity contribution in [2.75, 3.05) is 19.6 Å². The maximum absolute atomic E-state index is 13.8. The molecule has 1 amide bonds. The molecule has 2 aliphatic carbocycles. The normalized spacial score (nSPS) is 30.2. The Balaban J connectivity index is 1.46. The molecule has 4 aliphatic rings. The largest absolute Gasteiger partial charge is 0.483 e. The predicted octanol–water partition coefficient (Wildman–Crippen LogP) is 4.11. The summed E-state index contributed by atoms with van der Waals surface area (Å²) in [6.07, 6.45) is 10.5. The van der Waals surface area contributed by atoms with Crippen LogP contribution in [-0.2, 0) is 21.4 Å². The van der Waals surface area contributed by atoms with E-state index < -0.39 is 23.1 Å². The Morgan fingerprint density at radius 1 is 1.30 bits per heavy atom. The minimum Gasteiger partial charge on any atom is -0.483 e. The van der Waals surface area contributed by atoms with Gasteiger partial charge in [-0.3, -0.25) is 14.5 Å². The van der Waals surface area contributed by atoms with Gasteiger partial charge in [-0.1, -0.05) is 26.0 Å². The summed E-state index contributed by atoms with van der Waals surface area (Å²) in [5.41, 5.74) is 1.12. The fourth-order valence-corrected chi connectivity index (χ4v) is 7.95. The second kappa shape index (κ2) is 9.93. The molecule has 1 aromatic carbocycles. The zero-order valence-electron chi connectivity index (χ0n) is 23.5. The third-order valence-corrected chi connectivity index (χ3v) is 9.35. The number of hydrogen-bond donors (Lipinski definition) is 1. The standard InChI is InChI=1S/C32H38N2O6/c1-5-14-33-15-13-31-28-23-7-8-25(39-21(4)35)29(28)40-30(31)24(10-12-32(31,37)26(33)17-23)34(18-20(2)3)27(36)9-6-22-11-16-38-19-22/h5-9,11,16,19-20,24,26,30,37H,1,10,12-15,17-18H2,2-4H3/b9-6+/t24-,26-,30+,31+,32-/m1/s1. The molecular formula is C32H38N2O6. The third-order valence-electron chi connectivity index (χ3n) is 9.35. The number of aliphatic hydroxyl groups is 1. The van der Waals surface area contributed by atoms with Gasteiger partial charge in [0.05, 0.1) is 29.6 Å². The SMILES string of the molecule is C=CCN1CC[C@]23c4c5ccc(OC(C)=O)c4O[C@H]2[C@H](N(CC(C)C)C(=O)/C=C/c2ccoc2)CC[C@@]3(O)[C@H]1C5. The number of rotatable bonds is 8. The van der Waals surface area contributed by atoms with Gasteiger partial charge in [-0.25, -0.2) is 0 Å². The molecule has 2 aliphatic heterocycles. The predicted molar refractivity (Wildman–Crippen MR) is 150 cm³/mol. The second-order valence-corrected chi connectivity index (χ2v) is 12.1. The molecule has 1 saturated carbocycles. The average Bonchev–Trinajstić information content (AvgIpc) is 3.54. The Bertz CT molecular complexity index is 1350. The van der Waals surface area contributed by atoms with Crippen molar-refractivity contribution < 1.29 is 28.6 Å². The van der Waals surface area contributed by atoms with Gasteiger partial charge in [-0.15, -0.1) is 6.58 Å². The van der Waals surface area contributed by atoms with Gasteiger partial charge in [-0.05, 0) is 61.9 Å². The van der Waals surface area contributed by atoms with E-state index in [0.717, 1.165) is 23.2 Å². The van der Waals surface area contributed by atoms with Crippen LogP contribution in [0.25, 0.3) is 6.08 Å². The molecule has 1 aromatic heterocycles. The van der Waals surface area contributed by atoms with Crippen molar-refractivity contribution in [2.45, 2.75) is 75.7 Å². The second-order valence-electron chi connectivity index (χ2n) is 12.1. The first kappa shape index (κ1) is 26.8. The molecule has 40 heavy (non-hydrogen) atoms. The Morgan fingerprint density at radius 3 is 2.83 bits per heavy atom. The van der Waals surface area contributed by atoms with E-state index >= 15 is 0 Å². The minimum absolute atomic E-state index is 0.0976. The maximum Gasteiger partial charge on any atom is 0.308 e. The van der Waals surface area contributed by atoms with Gasteiger partial charge < -0.3 is 23.9 Å². The van der Waals surface area contributed by atoms with Crippen LogP contribution in [0, 0.1) is 5.92 Å². The molecule has 2 fully saturated rings. The Labute approximate surface area is 235 Å². The molecule has 1 saturated heterocycles. The lowest BCUT2D eigenvalue weighted by Gasteiger charge is -2.64. The molecule has 1 N–H and O–H groups in total. The molecule has 0 radical (unpaired) electrons. The van der Waals surface area contributed by atoms with Crippen LogP contribution < -0.4 is 9.47 Å². The van der Waals surface area contributed by atoms with Gasteiger partial charge in [0, 0.05) is 43.3 Å². The zero-order valence-corrected chi connectivity index (χ0v) is 23.5. The number of hydrogen-bond acceptors (Lipinski definition) is 7.